The minimum atomic E-state index is -0.257. The van der Waals surface area contributed by atoms with E-state index in [1.807, 2.05) is 60.8 Å². The smallest absolute Gasteiger partial charge is 0.0946 e. The zero-order valence-electron chi connectivity index (χ0n) is 15.2. The van der Waals surface area contributed by atoms with Crippen molar-refractivity contribution in [1.29, 1.82) is 0 Å². The van der Waals surface area contributed by atoms with Crippen LogP contribution in [0.15, 0.2) is 78.2 Å². The molecule has 2 aromatic carbocycles. The number of rotatable bonds is 6. The van der Waals surface area contributed by atoms with Gasteiger partial charge in [0.1, 0.15) is 0 Å². The molecule has 0 N–H and O–H groups in total. The van der Waals surface area contributed by atoms with E-state index in [0.29, 0.717) is 0 Å². The van der Waals surface area contributed by atoms with Gasteiger partial charge in [0.2, 0.25) is 0 Å². The van der Waals surface area contributed by atoms with Crippen molar-refractivity contribution in [2.75, 3.05) is 12.8 Å². The monoisotopic (exact) mass is 399 g/mol. The number of aromatic nitrogens is 2. The van der Waals surface area contributed by atoms with Crippen LogP contribution in [0.5, 0.6) is 0 Å². The number of likely N-dealkylation sites (N-methyl/N-ethyl adjacent to an activating group) is 1. The first kappa shape index (κ1) is 18.6. The number of imidazole rings is 1. The maximum Gasteiger partial charge on any atom is 0.0946 e. The van der Waals surface area contributed by atoms with E-state index in [0.717, 1.165) is 23.7 Å². The minimum absolute atomic E-state index is 0.138. The predicted molar refractivity (Wildman–Crippen MR) is 110 cm³/mol. The Bertz CT molecular complexity index is 857. The van der Waals surface area contributed by atoms with Crippen molar-refractivity contribution in [2.45, 2.75) is 29.5 Å². The highest BCUT2D eigenvalue weighted by molar-refractivity contribution is 7.99. The standard InChI is InChI=1S/C21H22ClN3OS/c1-24-21(15-25-12-11-23-16-25,17-7-9-18(22)10-8-17)13-19(26-24)14-27-20-5-3-2-4-6-20/h2-12,16,19H,13-15H2,1H3. The van der Waals surface area contributed by atoms with Gasteiger partial charge in [-0.15, -0.1) is 11.8 Å². The second kappa shape index (κ2) is 8.07. The second-order valence-electron chi connectivity index (χ2n) is 6.83. The van der Waals surface area contributed by atoms with E-state index in [2.05, 4.69) is 45.9 Å². The Hall–Kier alpha value is -1.79. The Kier molecular flexibility index (Phi) is 5.55. The Morgan fingerprint density at radius 1 is 1.19 bits per heavy atom. The van der Waals surface area contributed by atoms with Crippen LogP contribution in [-0.2, 0) is 16.9 Å². The fourth-order valence-electron chi connectivity index (χ4n) is 3.66. The van der Waals surface area contributed by atoms with Crippen molar-refractivity contribution in [3.05, 3.63) is 83.9 Å². The molecule has 0 amide bonds. The summed E-state index contributed by atoms with van der Waals surface area (Å²) in [6, 6.07) is 18.6. The van der Waals surface area contributed by atoms with E-state index in [9.17, 15) is 0 Å². The maximum atomic E-state index is 6.28. The number of thioether (sulfide) groups is 1. The average molecular weight is 400 g/mol. The third-order valence-corrected chi connectivity index (χ3v) is 6.44. The third kappa shape index (κ3) is 4.06. The molecular weight excluding hydrogens is 378 g/mol. The summed E-state index contributed by atoms with van der Waals surface area (Å²) in [5.74, 6) is 0.910. The summed E-state index contributed by atoms with van der Waals surface area (Å²) in [5, 5.41) is 2.77. The van der Waals surface area contributed by atoms with Crippen LogP contribution in [0, 0.1) is 0 Å². The van der Waals surface area contributed by atoms with Gasteiger partial charge in [-0.05, 0) is 29.8 Å². The molecule has 0 saturated carbocycles. The second-order valence-corrected chi connectivity index (χ2v) is 8.36. The largest absolute Gasteiger partial charge is 0.335 e. The van der Waals surface area contributed by atoms with Crippen LogP contribution in [0.25, 0.3) is 0 Å². The van der Waals surface area contributed by atoms with E-state index in [1.54, 1.807) is 0 Å². The zero-order valence-corrected chi connectivity index (χ0v) is 16.7. The fraction of sp³-hybridized carbons (Fsp3) is 0.286. The van der Waals surface area contributed by atoms with Gasteiger partial charge >= 0.3 is 0 Å². The molecule has 2 heterocycles. The highest BCUT2D eigenvalue weighted by Gasteiger charge is 2.46. The zero-order chi connectivity index (χ0) is 18.7. The minimum Gasteiger partial charge on any atom is -0.335 e. The van der Waals surface area contributed by atoms with E-state index in [4.69, 9.17) is 16.4 Å². The van der Waals surface area contributed by atoms with Crippen LogP contribution in [0.2, 0.25) is 5.02 Å². The first-order chi connectivity index (χ1) is 13.2. The average Bonchev–Trinajstić information content (AvgIpc) is 3.30. The molecule has 6 heteroatoms. The predicted octanol–water partition coefficient (Wildman–Crippen LogP) is 4.86. The number of benzene rings is 2. The molecular formula is C21H22ClN3OS. The molecule has 0 spiro atoms. The SMILES string of the molecule is CN1OC(CSc2ccccc2)CC1(Cn1ccnc1)c1ccc(Cl)cc1. The lowest BCUT2D eigenvalue weighted by Gasteiger charge is -2.35. The van der Waals surface area contributed by atoms with Crippen LogP contribution in [0.1, 0.15) is 12.0 Å². The molecule has 27 heavy (non-hydrogen) atoms. The summed E-state index contributed by atoms with van der Waals surface area (Å²) in [6.07, 6.45) is 6.71. The van der Waals surface area contributed by atoms with Gasteiger partial charge in [0.25, 0.3) is 0 Å². The molecule has 1 fully saturated rings. The van der Waals surface area contributed by atoms with Crippen molar-refractivity contribution in [3.63, 3.8) is 0 Å². The van der Waals surface area contributed by atoms with Crippen molar-refractivity contribution >= 4 is 23.4 Å². The van der Waals surface area contributed by atoms with Gasteiger partial charge in [-0.2, -0.15) is 5.06 Å². The molecule has 0 bridgehead atoms. The van der Waals surface area contributed by atoms with Crippen molar-refractivity contribution in [3.8, 4) is 0 Å². The summed E-state index contributed by atoms with van der Waals surface area (Å²) >= 11 is 7.96. The molecule has 140 valence electrons. The van der Waals surface area contributed by atoms with E-state index in [-0.39, 0.29) is 11.6 Å². The summed E-state index contributed by atoms with van der Waals surface area (Å²) in [6.45, 7) is 0.775. The van der Waals surface area contributed by atoms with Gasteiger partial charge in [-0.25, -0.2) is 4.98 Å². The summed E-state index contributed by atoms with van der Waals surface area (Å²) in [7, 11) is 2.03. The van der Waals surface area contributed by atoms with Gasteiger partial charge in [0, 0.05) is 48.1 Å². The number of hydrogen-bond donors (Lipinski definition) is 0. The number of hydrogen-bond acceptors (Lipinski definition) is 4. The summed E-state index contributed by atoms with van der Waals surface area (Å²) in [5.41, 5.74) is 0.947. The molecule has 4 rings (SSSR count). The highest BCUT2D eigenvalue weighted by Crippen LogP contribution is 2.42. The normalized spacial score (nSPS) is 23.0. The molecule has 1 aliphatic heterocycles. The molecule has 1 aromatic heterocycles. The van der Waals surface area contributed by atoms with Gasteiger partial charge < -0.3 is 4.57 Å². The van der Waals surface area contributed by atoms with Crippen molar-refractivity contribution in [2.24, 2.45) is 0 Å². The van der Waals surface area contributed by atoms with Gasteiger partial charge in [-0.1, -0.05) is 41.9 Å². The topological polar surface area (TPSA) is 30.3 Å². The van der Waals surface area contributed by atoms with E-state index < -0.39 is 0 Å². The Morgan fingerprint density at radius 2 is 1.96 bits per heavy atom. The first-order valence-corrected chi connectivity index (χ1v) is 10.3. The molecule has 0 aliphatic carbocycles. The molecule has 3 aromatic rings. The van der Waals surface area contributed by atoms with Crippen LogP contribution in [0.4, 0.5) is 0 Å². The Balaban J connectivity index is 1.57. The van der Waals surface area contributed by atoms with Crippen LogP contribution in [-0.4, -0.2) is 33.5 Å². The molecule has 2 unspecified atom stereocenters. The van der Waals surface area contributed by atoms with E-state index in [1.165, 1.54) is 10.5 Å². The number of hydroxylamine groups is 2. The van der Waals surface area contributed by atoms with Crippen LogP contribution < -0.4 is 0 Å². The molecule has 4 nitrogen and oxygen atoms in total. The third-order valence-electron chi connectivity index (χ3n) is 5.04. The summed E-state index contributed by atoms with van der Waals surface area (Å²) in [4.78, 5) is 11.7. The van der Waals surface area contributed by atoms with Crippen molar-refractivity contribution in [1.82, 2.24) is 14.6 Å². The van der Waals surface area contributed by atoms with Crippen molar-refractivity contribution < 1.29 is 4.84 Å². The van der Waals surface area contributed by atoms with Crippen LogP contribution >= 0.6 is 23.4 Å². The fourth-order valence-corrected chi connectivity index (χ4v) is 4.69. The Morgan fingerprint density at radius 3 is 2.67 bits per heavy atom. The molecule has 1 aliphatic rings. The van der Waals surface area contributed by atoms with Crippen LogP contribution in [0.3, 0.4) is 0 Å². The molecule has 2 atom stereocenters. The number of nitrogens with zero attached hydrogens (tertiary/aromatic N) is 3. The lowest BCUT2D eigenvalue weighted by molar-refractivity contribution is -0.170. The summed E-state index contributed by atoms with van der Waals surface area (Å²) < 4.78 is 2.11. The van der Waals surface area contributed by atoms with Gasteiger partial charge in [0.05, 0.1) is 18.0 Å². The Labute approximate surface area is 169 Å². The lowest BCUT2D eigenvalue weighted by Crippen LogP contribution is -2.41. The molecule has 0 radical (unpaired) electrons. The van der Waals surface area contributed by atoms with E-state index >= 15 is 0 Å². The number of halogens is 1. The maximum absolute atomic E-state index is 6.28. The van der Waals surface area contributed by atoms with Gasteiger partial charge in [0.15, 0.2) is 0 Å². The lowest BCUT2D eigenvalue weighted by atomic mass is 9.85. The van der Waals surface area contributed by atoms with Gasteiger partial charge in [-0.3, -0.25) is 4.84 Å². The highest BCUT2D eigenvalue weighted by atomic mass is 35.5. The first-order valence-electron chi connectivity index (χ1n) is 8.96. The molecule has 1 saturated heterocycles. The quantitative estimate of drug-likeness (QED) is 0.554.